The standard InChI is InChI=1S/C12H17ClFN/c1-8(2)15-7-9(3)11-5-4-10(14)6-12(11)13/h4-6,8-9,15H,7H2,1-3H3. The molecule has 1 aromatic rings. The van der Waals surface area contributed by atoms with E-state index >= 15 is 0 Å². The summed E-state index contributed by atoms with van der Waals surface area (Å²) in [5.41, 5.74) is 0.992. The fourth-order valence-electron chi connectivity index (χ4n) is 1.42. The largest absolute Gasteiger partial charge is 0.314 e. The van der Waals surface area contributed by atoms with E-state index in [1.807, 2.05) is 0 Å². The third kappa shape index (κ3) is 3.80. The summed E-state index contributed by atoms with van der Waals surface area (Å²) in [7, 11) is 0. The molecule has 84 valence electrons. The van der Waals surface area contributed by atoms with Crippen molar-refractivity contribution in [3.8, 4) is 0 Å². The predicted molar refractivity (Wildman–Crippen MR) is 63.0 cm³/mol. The van der Waals surface area contributed by atoms with Crippen LogP contribution in [0.5, 0.6) is 0 Å². The maximum absolute atomic E-state index is 12.8. The first-order valence-corrected chi connectivity index (χ1v) is 5.57. The lowest BCUT2D eigenvalue weighted by Crippen LogP contribution is -2.27. The zero-order valence-electron chi connectivity index (χ0n) is 9.35. The van der Waals surface area contributed by atoms with Crippen LogP contribution in [-0.4, -0.2) is 12.6 Å². The molecule has 3 heteroatoms. The molecular formula is C12H17ClFN. The smallest absolute Gasteiger partial charge is 0.124 e. The van der Waals surface area contributed by atoms with E-state index in [-0.39, 0.29) is 5.82 Å². The molecule has 0 heterocycles. The minimum atomic E-state index is -0.284. The number of benzene rings is 1. The Bertz CT molecular complexity index is 325. The summed E-state index contributed by atoms with van der Waals surface area (Å²) in [6, 6.07) is 5.02. The Morgan fingerprint density at radius 3 is 2.53 bits per heavy atom. The monoisotopic (exact) mass is 229 g/mol. The van der Waals surface area contributed by atoms with Crippen molar-refractivity contribution in [1.82, 2.24) is 5.32 Å². The van der Waals surface area contributed by atoms with Gasteiger partial charge < -0.3 is 5.32 Å². The van der Waals surface area contributed by atoms with Crippen molar-refractivity contribution in [2.45, 2.75) is 32.7 Å². The number of halogens is 2. The van der Waals surface area contributed by atoms with E-state index in [0.29, 0.717) is 17.0 Å². The summed E-state index contributed by atoms with van der Waals surface area (Å²) in [5, 5.41) is 3.84. The van der Waals surface area contributed by atoms with Gasteiger partial charge in [-0.2, -0.15) is 0 Å². The fraction of sp³-hybridized carbons (Fsp3) is 0.500. The molecule has 0 aliphatic heterocycles. The molecule has 0 saturated carbocycles. The Morgan fingerprint density at radius 1 is 1.33 bits per heavy atom. The molecule has 0 aliphatic rings. The third-order valence-electron chi connectivity index (χ3n) is 2.33. The zero-order valence-corrected chi connectivity index (χ0v) is 10.1. The Morgan fingerprint density at radius 2 is 2.00 bits per heavy atom. The molecule has 0 fully saturated rings. The first kappa shape index (κ1) is 12.5. The number of nitrogens with one attached hydrogen (secondary N) is 1. The molecule has 0 spiro atoms. The first-order chi connectivity index (χ1) is 7.00. The number of hydrogen-bond donors (Lipinski definition) is 1. The normalized spacial score (nSPS) is 13.2. The molecular weight excluding hydrogens is 213 g/mol. The van der Waals surface area contributed by atoms with Gasteiger partial charge >= 0.3 is 0 Å². The molecule has 1 aromatic carbocycles. The van der Waals surface area contributed by atoms with Gasteiger partial charge in [-0.15, -0.1) is 0 Å². The van der Waals surface area contributed by atoms with E-state index in [0.717, 1.165) is 12.1 Å². The topological polar surface area (TPSA) is 12.0 Å². The average Bonchev–Trinajstić information content (AvgIpc) is 2.14. The van der Waals surface area contributed by atoms with Crippen LogP contribution in [0.25, 0.3) is 0 Å². The van der Waals surface area contributed by atoms with Gasteiger partial charge in [-0.25, -0.2) is 4.39 Å². The van der Waals surface area contributed by atoms with Crippen LogP contribution in [0.2, 0.25) is 5.02 Å². The van der Waals surface area contributed by atoms with Gasteiger partial charge in [0.25, 0.3) is 0 Å². The van der Waals surface area contributed by atoms with Crippen molar-refractivity contribution in [3.05, 3.63) is 34.6 Å². The van der Waals surface area contributed by atoms with Crippen LogP contribution < -0.4 is 5.32 Å². The molecule has 15 heavy (non-hydrogen) atoms. The zero-order chi connectivity index (χ0) is 11.4. The minimum Gasteiger partial charge on any atom is -0.314 e. The van der Waals surface area contributed by atoms with Crippen molar-refractivity contribution in [1.29, 1.82) is 0 Å². The Kier molecular flexibility index (Phi) is 4.55. The molecule has 0 aliphatic carbocycles. The Labute approximate surface area is 95.6 Å². The van der Waals surface area contributed by atoms with Gasteiger partial charge in [-0.1, -0.05) is 38.4 Å². The van der Waals surface area contributed by atoms with E-state index in [1.165, 1.54) is 12.1 Å². The van der Waals surface area contributed by atoms with E-state index in [1.54, 1.807) is 6.07 Å². The third-order valence-corrected chi connectivity index (χ3v) is 2.65. The molecule has 0 saturated heterocycles. The summed E-state index contributed by atoms with van der Waals surface area (Å²) >= 11 is 5.97. The van der Waals surface area contributed by atoms with Crippen molar-refractivity contribution < 1.29 is 4.39 Å². The molecule has 1 nitrogen and oxygen atoms in total. The summed E-state index contributed by atoms with van der Waals surface area (Å²) in [6.07, 6.45) is 0. The van der Waals surface area contributed by atoms with Crippen molar-refractivity contribution in [2.75, 3.05) is 6.54 Å². The summed E-state index contributed by atoms with van der Waals surface area (Å²) < 4.78 is 12.8. The quantitative estimate of drug-likeness (QED) is 0.832. The maximum Gasteiger partial charge on any atom is 0.124 e. The van der Waals surface area contributed by atoms with Gasteiger partial charge in [0.15, 0.2) is 0 Å². The maximum atomic E-state index is 12.8. The lowest BCUT2D eigenvalue weighted by atomic mass is 10.0. The highest BCUT2D eigenvalue weighted by molar-refractivity contribution is 6.31. The highest BCUT2D eigenvalue weighted by atomic mass is 35.5. The van der Waals surface area contributed by atoms with Crippen LogP contribution >= 0.6 is 11.6 Å². The van der Waals surface area contributed by atoms with Gasteiger partial charge in [-0.05, 0) is 23.6 Å². The van der Waals surface area contributed by atoms with Crippen molar-refractivity contribution in [3.63, 3.8) is 0 Å². The SMILES string of the molecule is CC(C)NCC(C)c1ccc(F)cc1Cl. The van der Waals surface area contributed by atoms with Crippen molar-refractivity contribution in [2.24, 2.45) is 0 Å². The van der Waals surface area contributed by atoms with Gasteiger partial charge in [0.05, 0.1) is 0 Å². The van der Waals surface area contributed by atoms with E-state index < -0.39 is 0 Å². The van der Waals surface area contributed by atoms with Crippen molar-refractivity contribution >= 4 is 11.6 Å². The van der Waals surface area contributed by atoms with E-state index in [2.05, 4.69) is 26.1 Å². The predicted octanol–water partition coefficient (Wildman–Crippen LogP) is 3.58. The van der Waals surface area contributed by atoms with Crippen LogP contribution in [0.15, 0.2) is 18.2 Å². The lowest BCUT2D eigenvalue weighted by Gasteiger charge is -2.16. The minimum absolute atomic E-state index is 0.284. The van der Waals surface area contributed by atoms with Crippen LogP contribution in [-0.2, 0) is 0 Å². The van der Waals surface area contributed by atoms with E-state index in [9.17, 15) is 4.39 Å². The summed E-state index contributed by atoms with van der Waals surface area (Å²) in [6.45, 7) is 7.12. The fourth-order valence-corrected chi connectivity index (χ4v) is 1.78. The van der Waals surface area contributed by atoms with Gasteiger partial charge in [0.2, 0.25) is 0 Å². The molecule has 0 aromatic heterocycles. The highest BCUT2D eigenvalue weighted by Gasteiger charge is 2.10. The van der Waals surface area contributed by atoms with Gasteiger partial charge in [0, 0.05) is 17.6 Å². The molecule has 0 amide bonds. The first-order valence-electron chi connectivity index (χ1n) is 5.19. The lowest BCUT2D eigenvalue weighted by molar-refractivity contribution is 0.547. The highest BCUT2D eigenvalue weighted by Crippen LogP contribution is 2.24. The van der Waals surface area contributed by atoms with E-state index in [4.69, 9.17) is 11.6 Å². The Hall–Kier alpha value is -0.600. The number of hydrogen-bond acceptors (Lipinski definition) is 1. The van der Waals surface area contributed by atoms with Crippen LogP contribution in [0, 0.1) is 5.82 Å². The van der Waals surface area contributed by atoms with Gasteiger partial charge in [-0.3, -0.25) is 0 Å². The summed E-state index contributed by atoms with van der Waals surface area (Å²) in [4.78, 5) is 0. The molecule has 1 rings (SSSR count). The van der Waals surface area contributed by atoms with Crippen LogP contribution in [0.3, 0.4) is 0 Å². The molecule has 1 atom stereocenters. The molecule has 0 radical (unpaired) electrons. The Balaban J connectivity index is 2.69. The van der Waals surface area contributed by atoms with Crippen LogP contribution in [0.4, 0.5) is 4.39 Å². The second-order valence-corrected chi connectivity index (χ2v) is 4.54. The number of rotatable bonds is 4. The average molecular weight is 230 g/mol. The summed E-state index contributed by atoms with van der Waals surface area (Å²) in [5.74, 6) is 0.00766. The molecule has 1 unspecified atom stereocenters. The molecule has 0 bridgehead atoms. The molecule has 1 N–H and O–H groups in total. The second-order valence-electron chi connectivity index (χ2n) is 4.13. The van der Waals surface area contributed by atoms with Gasteiger partial charge in [0.1, 0.15) is 5.82 Å². The second kappa shape index (κ2) is 5.47. The van der Waals surface area contributed by atoms with Crippen LogP contribution in [0.1, 0.15) is 32.3 Å².